The molecule has 1 aliphatic rings. The highest BCUT2D eigenvalue weighted by atomic mass is 16.5. The Morgan fingerprint density at radius 2 is 2.25 bits per heavy atom. The van der Waals surface area contributed by atoms with Gasteiger partial charge in [0.15, 0.2) is 0 Å². The second-order valence-corrected chi connectivity index (χ2v) is 3.36. The molecule has 1 fully saturated rings. The van der Waals surface area contributed by atoms with Crippen molar-refractivity contribution in [1.29, 1.82) is 0 Å². The minimum absolute atomic E-state index is 0.176. The van der Waals surface area contributed by atoms with E-state index in [4.69, 9.17) is 4.74 Å². The van der Waals surface area contributed by atoms with Crippen LogP contribution in [0.5, 0.6) is 0 Å². The number of methoxy groups -OCH3 is 1. The molecule has 0 saturated carbocycles. The third-order valence-corrected chi connectivity index (χ3v) is 2.21. The molecular weight excluding hydrogens is 158 g/mol. The monoisotopic (exact) mass is 171 g/mol. The molecule has 0 bridgehead atoms. The SMILES string of the molecule is COCCC1(C)CC(=O)NC1=O. The van der Waals surface area contributed by atoms with Crippen LogP contribution in [0.4, 0.5) is 0 Å². The third kappa shape index (κ3) is 1.64. The average Bonchev–Trinajstić information content (AvgIpc) is 2.23. The molecule has 4 heteroatoms. The molecule has 1 unspecified atom stereocenters. The molecule has 68 valence electrons. The summed E-state index contributed by atoms with van der Waals surface area (Å²) in [5.41, 5.74) is -0.549. The van der Waals surface area contributed by atoms with Crippen molar-refractivity contribution < 1.29 is 14.3 Å². The number of hydrogen-bond donors (Lipinski definition) is 1. The van der Waals surface area contributed by atoms with Gasteiger partial charge in [0.2, 0.25) is 11.8 Å². The Labute approximate surface area is 71.3 Å². The molecule has 1 heterocycles. The zero-order valence-corrected chi connectivity index (χ0v) is 7.35. The summed E-state index contributed by atoms with van der Waals surface area (Å²) < 4.78 is 4.86. The summed E-state index contributed by atoms with van der Waals surface area (Å²) in [5.74, 6) is -0.358. The number of imide groups is 1. The van der Waals surface area contributed by atoms with E-state index in [1.54, 1.807) is 14.0 Å². The average molecular weight is 171 g/mol. The van der Waals surface area contributed by atoms with Gasteiger partial charge in [-0.1, -0.05) is 6.92 Å². The molecule has 1 atom stereocenters. The van der Waals surface area contributed by atoms with Gasteiger partial charge in [0.05, 0.1) is 5.41 Å². The summed E-state index contributed by atoms with van der Waals surface area (Å²) in [6.45, 7) is 2.30. The van der Waals surface area contributed by atoms with E-state index in [9.17, 15) is 9.59 Å². The molecule has 2 amide bonds. The molecule has 12 heavy (non-hydrogen) atoms. The van der Waals surface area contributed by atoms with E-state index in [0.29, 0.717) is 13.0 Å². The van der Waals surface area contributed by atoms with E-state index in [1.165, 1.54) is 0 Å². The van der Waals surface area contributed by atoms with E-state index >= 15 is 0 Å². The summed E-state index contributed by atoms with van der Waals surface area (Å²) in [7, 11) is 1.58. The number of carbonyl (C=O) groups is 2. The van der Waals surface area contributed by atoms with Crippen molar-refractivity contribution in [2.75, 3.05) is 13.7 Å². The van der Waals surface area contributed by atoms with Crippen molar-refractivity contribution in [1.82, 2.24) is 5.32 Å². The molecule has 4 nitrogen and oxygen atoms in total. The van der Waals surface area contributed by atoms with Crippen molar-refractivity contribution in [3.8, 4) is 0 Å². The van der Waals surface area contributed by atoms with Crippen LogP contribution >= 0.6 is 0 Å². The topological polar surface area (TPSA) is 55.4 Å². The number of rotatable bonds is 3. The lowest BCUT2D eigenvalue weighted by Crippen LogP contribution is -2.29. The molecule has 1 rings (SSSR count). The van der Waals surface area contributed by atoms with Crippen molar-refractivity contribution >= 4 is 11.8 Å². The van der Waals surface area contributed by atoms with Gasteiger partial charge in [0.1, 0.15) is 0 Å². The van der Waals surface area contributed by atoms with Gasteiger partial charge in [-0.25, -0.2) is 0 Å². The van der Waals surface area contributed by atoms with Crippen LogP contribution in [0.15, 0.2) is 0 Å². The highest BCUT2D eigenvalue weighted by Crippen LogP contribution is 2.30. The predicted molar refractivity (Wildman–Crippen MR) is 42.4 cm³/mol. The van der Waals surface area contributed by atoms with E-state index in [0.717, 1.165) is 0 Å². The number of carbonyl (C=O) groups excluding carboxylic acids is 2. The third-order valence-electron chi connectivity index (χ3n) is 2.21. The molecule has 0 radical (unpaired) electrons. The van der Waals surface area contributed by atoms with Gasteiger partial charge in [-0.3, -0.25) is 14.9 Å². The molecule has 0 aromatic carbocycles. The van der Waals surface area contributed by atoms with Gasteiger partial charge in [0.25, 0.3) is 0 Å². The number of amides is 2. The fourth-order valence-corrected chi connectivity index (χ4v) is 1.29. The molecule has 0 aliphatic carbocycles. The maximum absolute atomic E-state index is 11.2. The van der Waals surface area contributed by atoms with Crippen LogP contribution in [0.1, 0.15) is 19.8 Å². The Balaban J connectivity index is 2.58. The van der Waals surface area contributed by atoms with Crippen LogP contribution in [0, 0.1) is 5.41 Å². The molecular formula is C8H13NO3. The fourth-order valence-electron chi connectivity index (χ4n) is 1.29. The molecule has 0 aromatic heterocycles. The molecule has 0 spiro atoms. The predicted octanol–water partition coefficient (Wildman–Crippen LogP) is 0.0757. The van der Waals surface area contributed by atoms with Crippen LogP contribution < -0.4 is 5.32 Å². The lowest BCUT2D eigenvalue weighted by atomic mass is 9.85. The largest absolute Gasteiger partial charge is 0.385 e. The zero-order chi connectivity index (χ0) is 9.19. The summed E-state index contributed by atoms with van der Waals surface area (Å²) in [4.78, 5) is 22.1. The Morgan fingerprint density at radius 1 is 1.58 bits per heavy atom. The Hall–Kier alpha value is -0.900. The van der Waals surface area contributed by atoms with Crippen molar-refractivity contribution in [2.45, 2.75) is 19.8 Å². The maximum atomic E-state index is 11.2. The Kier molecular flexibility index (Phi) is 2.47. The van der Waals surface area contributed by atoms with Crippen LogP contribution in [-0.2, 0) is 14.3 Å². The van der Waals surface area contributed by atoms with Gasteiger partial charge in [-0.2, -0.15) is 0 Å². The number of nitrogens with one attached hydrogen (secondary N) is 1. The quantitative estimate of drug-likeness (QED) is 0.611. The lowest BCUT2D eigenvalue weighted by Gasteiger charge is -2.17. The van der Waals surface area contributed by atoms with Crippen LogP contribution in [0.2, 0.25) is 0 Å². The van der Waals surface area contributed by atoms with Gasteiger partial charge in [0, 0.05) is 20.1 Å². The molecule has 1 aliphatic heterocycles. The van der Waals surface area contributed by atoms with Crippen molar-refractivity contribution in [2.24, 2.45) is 5.41 Å². The van der Waals surface area contributed by atoms with Crippen molar-refractivity contribution in [3.63, 3.8) is 0 Å². The van der Waals surface area contributed by atoms with E-state index < -0.39 is 5.41 Å². The van der Waals surface area contributed by atoms with E-state index in [-0.39, 0.29) is 18.2 Å². The maximum Gasteiger partial charge on any atom is 0.233 e. The first-order valence-corrected chi connectivity index (χ1v) is 3.92. The van der Waals surface area contributed by atoms with Crippen LogP contribution in [0.3, 0.4) is 0 Å². The van der Waals surface area contributed by atoms with Gasteiger partial charge < -0.3 is 4.74 Å². The fraction of sp³-hybridized carbons (Fsp3) is 0.750. The summed E-state index contributed by atoms with van der Waals surface area (Å²) in [6.07, 6.45) is 0.885. The van der Waals surface area contributed by atoms with E-state index in [1.807, 2.05) is 0 Å². The normalized spacial score (nSPS) is 29.2. The number of ether oxygens (including phenoxy) is 1. The first-order chi connectivity index (χ1) is 5.58. The lowest BCUT2D eigenvalue weighted by molar-refractivity contribution is -0.128. The first-order valence-electron chi connectivity index (χ1n) is 3.92. The Bertz CT molecular complexity index is 214. The highest BCUT2D eigenvalue weighted by Gasteiger charge is 2.41. The minimum Gasteiger partial charge on any atom is -0.385 e. The molecule has 1 N–H and O–H groups in total. The van der Waals surface area contributed by atoms with Gasteiger partial charge in [-0.05, 0) is 6.42 Å². The smallest absolute Gasteiger partial charge is 0.233 e. The Morgan fingerprint density at radius 3 is 2.67 bits per heavy atom. The second-order valence-electron chi connectivity index (χ2n) is 3.36. The summed E-state index contributed by atoms with van der Waals surface area (Å²) in [6, 6.07) is 0. The van der Waals surface area contributed by atoms with E-state index in [2.05, 4.69) is 5.32 Å². The standard InChI is InChI=1S/C8H13NO3/c1-8(3-4-12-2)5-6(10)9-7(8)11/h3-5H2,1-2H3,(H,9,10,11). The second kappa shape index (κ2) is 3.23. The van der Waals surface area contributed by atoms with Gasteiger partial charge >= 0.3 is 0 Å². The highest BCUT2D eigenvalue weighted by molar-refractivity contribution is 6.05. The zero-order valence-electron chi connectivity index (χ0n) is 7.35. The van der Waals surface area contributed by atoms with Crippen molar-refractivity contribution in [3.05, 3.63) is 0 Å². The molecule has 0 aromatic rings. The summed E-state index contributed by atoms with van der Waals surface area (Å²) in [5, 5.41) is 2.28. The number of hydrogen-bond acceptors (Lipinski definition) is 3. The minimum atomic E-state index is -0.549. The van der Waals surface area contributed by atoms with Gasteiger partial charge in [-0.15, -0.1) is 0 Å². The van der Waals surface area contributed by atoms with Crippen LogP contribution in [-0.4, -0.2) is 25.5 Å². The van der Waals surface area contributed by atoms with Crippen LogP contribution in [0.25, 0.3) is 0 Å². The molecule has 1 saturated heterocycles. The first kappa shape index (κ1) is 9.19. The summed E-state index contributed by atoms with van der Waals surface area (Å²) >= 11 is 0.